The lowest BCUT2D eigenvalue weighted by Gasteiger charge is -2.35. The number of likely N-dealkylation sites (tertiary alicyclic amines) is 1. The van der Waals surface area contributed by atoms with Crippen LogP contribution < -0.4 is 20.3 Å². The summed E-state index contributed by atoms with van der Waals surface area (Å²) in [7, 11) is 0. The third-order valence-corrected chi connectivity index (χ3v) is 8.12. The van der Waals surface area contributed by atoms with E-state index >= 15 is 0 Å². The van der Waals surface area contributed by atoms with Gasteiger partial charge in [0.1, 0.15) is 21.8 Å². The lowest BCUT2D eigenvalue weighted by atomic mass is 9.99. The molecule has 2 N–H and O–H groups in total. The Bertz CT molecular complexity index is 1430. The van der Waals surface area contributed by atoms with E-state index in [-0.39, 0.29) is 18.0 Å². The molecule has 0 aliphatic carbocycles. The molecule has 0 saturated carbocycles. The summed E-state index contributed by atoms with van der Waals surface area (Å²) in [6.07, 6.45) is 4.53. The van der Waals surface area contributed by atoms with Crippen molar-refractivity contribution in [1.29, 1.82) is 5.26 Å². The number of benzene rings is 2. The van der Waals surface area contributed by atoms with Gasteiger partial charge in [-0.25, -0.2) is 9.78 Å². The fraction of sp³-hybridized carbons (Fsp3) is 0.259. The number of hydrogen-bond donors (Lipinski definition) is 2. The first-order valence-corrected chi connectivity index (χ1v) is 12.9. The minimum atomic E-state index is -0.534. The number of aromatic nitrogens is 1. The first-order valence-electron chi connectivity index (χ1n) is 12.1. The van der Waals surface area contributed by atoms with Crippen molar-refractivity contribution >= 4 is 35.1 Å². The van der Waals surface area contributed by atoms with E-state index in [1.165, 1.54) is 11.8 Å². The molecule has 0 spiro atoms. The van der Waals surface area contributed by atoms with Crippen LogP contribution in [0.3, 0.4) is 0 Å². The number of carbonyl (C=O) groups excluding carboxylic acids is 2. The van der Waals surface area contributed by atoms with E-state index < -0.39 is 11.3 Å². The largest absolute Gasteiger partial charge is 0.457 e. The Kier molecular flexibility index (Phi) is 5.85. The zero-order valence-electron chi connectivity index (χ0n) is 20.0. The number of thioether (sulfide) groups is 1. The van der Waals surface area contributed by atoms with Crippen molar-refractivity contribution in [3.63, 3.8) is 0 Å². The molecule has 4 heterocycles. The average Bonchev–Trinajstić information content (AvgIpc) is 3.51. The van der Waals surface area contributed by atoms with Crippen molar-refractivity contribution in [2.24, 2.45) is 0 Å². The highest BCUT2D eigenvalue weighted by Crippen LogP contribution is 2.51. The van der Waals surface area contributed by atoms with Crippen LogP contribution in [-0.4, -0.2) is 46.2 Å². The van der Waals surface area contributed by atoms with Crippen molar-refractivity contribution in [1.82, 2.24) is 20.5 Å². The number of nitrogens with one attached hydrogen (secondary N) is 2. The summed E-state index contributed by atoms with van der Waals surface area (Å²) in [6, 6.07) is 16.1. The minimum Gasteiger partial charge on any atom is -0.457 e. The average molecular weight is 513 g/mol. The van der Waals surface area contributed by atoms with Crippen LogP contribution in [0.5, 0.6) is 11.5 Å². The van der Waals surface area contributed by atoms with E-state index in [4.69, 9.17) is 10.00 Å². The van der Waals surface area contributed by atoms with Crippen molar-refractivity contribution in [2.45, 2.75) is 35.7 Å². The second-order valence-electron chi connectivity index (χ2n) is 9.25. The molecule has 3 aliphatic heterocycles. The number of nitrogens with zero attached hydrogens (tertiary/aromatic N) is 4. The van der Waals surface area contributed by atoms with Crippen LogP contribution in [0.1, 0.15) is 23.6 Å². The van der Waals surface area contributed by atoms with Crippen LogP contribution in [0.2, 0.25) is 0 Å². The Morgan fingerprint density at radius 2 is 2.03 bits per heavy atom. The Hall–Kier alpha value is -4.23. The Balaban J connectivity index is 1.26. The molecule has 1 aromatic heterocycles. The van der Waals surface area contributed by atoms with Gasteiger partial charge in [0, 0.05) is 30.9 Å². The van der Waals surface area contributed by atoms with Gasteiger partial charge in [0.25, 0.3) is 0 Å². The van der Waals surface area contributed by atoms with Crippen LogP contribution in [0, 0.1) is 18.4 Å². The maximum absolute atomic E-state index is 13.5. The first kappa shape index (κ1) is 23.2. The normalized spacial score (nSPS) is 21.7. The maximum atomic E-state index is 13.5. The number of nitriles is 1. The van der Waals surface area contributed by atoms with Gasteiger partial charge in [-0.15, -0.1) is 0 Å². The number of anilines is 2. The lowest BCUT2D eigenvalue weighted by molar-refractivity contribution is -0.121. The van der Waals surface area contributed by atoms with Crippen molar-refractivity contribution in [3.8, 4) is 17.7 Å². The Labute approximate surface area is 218 Å². The Morgan fingerprint density at radius 1 is 1.19 bits per heavy atom. The number of carbonyl (C=O) groups is 2. The highest BCUT2D eigenvalue weighted by atomic mass is 32.2. The summed E-state index contributed by atoms with van der Waals surface area (Å²) in [5.41, 5.74) is 3.17. The number of amides is 3. The summed E-state index contributed by atoms with van der Waals surface area (Å²) >= 11 is 1.37. The SMILES string of the molecule is Cc1cc(Oc2ccccc2)ccc1N1C(=O)NC2c3c1ccnc3S[C@H]2C(=O)NC1CCN(C#N)C1. The molecule has 1 fully saturated rings. The topological polar surface area (TPSA) is 111 Å². The van der Waals surface area contributed by atoms with Gasteiger partial charge in [-0.05, 0) is 55.3 Å². The number of urea groups is 1. The van der Waals surface area contributed by atoms with Gasteiger partial charge in [0.05, 0.1) is 17.4 Å². The van der Waals surface area contributed by atoms with Gasteiger partial charge >= 0.3 is 6.03 Å². The molecule has 3 atom stereocenters. The zero-order valence-corrected chi connectivity index (χ0v) is 20.9. The van der Waals surface area contributed by atoms with Gasteiger partial charge < -0.3 is 20.3 Å². The van der Waals surface area contributed by atoms with Gasteiger partial charge in [0.2, 0.25) is 5.91 Å². The molecule has 10 heteroatoms. The summed E-state index contributed by atoms with van der Waals surface area (Å²) < 4.78 is 5.96. The van der Waals surface area contributed by atoms with Crippen molar-refractivity contribution < 1.29 is 14.3 Å². The highest BCUT2D eigenvalue weighted by molar-refractivity contribution is 8.01. The monoisotopic (exact) mass is 512 g/mol. The molecule has 0 bridgehead atoms. The molecule has 186 valence electrons. The summed E-state index contributed by atoms with van der Waals surface area (Å²) in [5.74, 6) is 1.26. The van der Waals surface area contributed by atoms with E-state index in [1.54, 1.807) is 16.0 Å². The minimum absolute atomic E-state index is 0.0843. The van der Waals surface area contributed by atoms with Gasteiger partial charge in [-0.2, -0.15) is 5.26 Å². The molecule has 6 rings (SSSR count). The fourth-order valence-electron chi connectivity index (χ4n) is 5.08. The number of rotatable bonds is 5. The van der Waals surface area contributed by atoms with E-state index in [9.17, 15) is 9.59 Å². The van der Waals surface area contributed by atoms with E-state index in [0.29, 0.717) is 18.8 Å². The molecule has 1 saturated heterocycles. The number of aryl methyl sites for hydroxylation is 1. The smallest absolute Gasteiger partial charge is 0.327 e. The van der Waals surface area contributed by atoms with Crippen LogP contribution >= 0.6 is 11.8 Å². The third kappa shape index (κ3) is 4.21. The quantitative estimate of drug-likeness (QED) is 0.492. The van der Waals surface area contributed by atoms with E-state index in [0.717, 1.165) is 39.7 Å². The highest BCUT2D eigenvalue weighted by Gasteiger charge is 2.47. The van der Waals surface area contributed by atoms with Gasteiger partial charge in [-0.1, -0.05) is 30.0 Å². The lowest BCUT2D eigenvalue weighted by Crippen LogP contribution is -2.50. The molecule has 2 unspecified atom stereocenters. The van der Waals surface area contributed by atoms with Crippen molar-refractivity contribution in [3.05, 3.63) is 71.9 Å². The predicted octanol–water partition coefficient (Wildman–Crippen LogP) is 4.23. The number of ether oxygens (including phenoxy) is 1. The molecule has 9 nitrogen and oxygen atoms in total. The molecule has 2 aromatic carbocycles. The van der Waals surface area contributed by atoms with E-state index in [1.807, 2.05) is 61.5 Å². The van der Waals surface area contributed by atoms with Gasteiger partial charge in [0.15, 0.2) is 6.19 Å². The van der Waals surface area contributed by atoms with Crippen molar-refractivity contribution in [2.75, 3.05) is 18.0 Å². The maximum Gasteiger partial charge on any atom is 0.327 e. The summed E-state index contributed by atoms with van der Waals surface area (Å²) in [6.45, 7) is 3.07. The van der Waals surface area contributed by atoms with Crippen LogP contribution in [0.4, 0.5) is 16.2 Å². The van der Waals surface area contributed by atoms with Crippen LogP contribution in [0.25, 0.3) is 0 Å². The second-order valence-corrected chi connectivity index (χ2v) is 10.4. The number of pyridine rings is 1. The standard InChI is InChI=1S/C27H24N6O3S/c1-16-13-19(36-18-5-3-2-4-6-18)7-8-20(16)33-21-9-11-29-26-22(21)23(31-27(33)35)24(37-26)25(34)30-17-10-12-32(14-17)15-28/h2-9,11,13,17,23-24H,10,12,14H2,1H3,(H,30,34)(H,31,35)/t17?,23?,24-/m1/s1. The third-order valence-electron chi connectivity index (χ3n) is 6.83. The van der Waals surface area contributed by atoms with Crippen LogP contribution in [0.15, 0.2) is 65.8 Å². The molecule has 37 heavy (non-hydrogen) atoms. The summed E-state index contributed by atoms with van der Waals surface area (Å²) in [5, 5.41) is 15.4. The number of hydrogen-bond acceptors (Lipinski definition) is 7. The van der Waals surface area contributed by atoms with E-state index in [2.05, 4.69) is 21.8 Å². The molecule has 3 amide bonds. The summed E-state index contributed by atoms with van der Waals surface area (Å²) in [4.78, 5) is 34.5. The Morgan fingerprint density at radius 3 is 2.78 bits per heavy atom. The molecule has 0 radical (unpaired) electrons. The fourth-order valence-corrected chi connectivity index (χ4v) is 6.32. The second kappa shape index (κ2) is 9.33. The van der Waals surface area contributed by atoms with Crippen LogP contribution in [-0.2, 0) is 4.79 Å². The predicted molar refractivity (Wildman–Crippen MR) is 139 cm³/mol. The molecular formula is C27H24N6O3S. The first-order chi connectivity index (χ1) is 18.0. The number of para-hydroxylation sites is 1. The zero-order chi connectivity index (χ0) is 25.5. The molecule has 3 aromatic rings. The molecule has 3 aliphatic rings. The van der Waals surface area contributed by atoms with Gasteiger partial charge in [-0.3, -0.25) is 9.69 Å². The molecular weight excluding hydrogens is 488 g/mol.